The minimum Gasteiger partial charge on any atom is -0.494 e. The van der Waals surface area contributed by atoms with Gasteiger partial charge in [0.25, 0.3) is 5.91 Å². The molecule has 156 valence electrons. The van der Waals surface area contributed by atoms with E-state index in [9.17, 15) is 9.18 Å². The van der Waals surface area contributed by atoms with Crippen molar-refractivity contribution >= 4 is 55.6 Å². The first-order valence-electron chi connectivity index (χ1n) is 8.75. The quantitative estimate of drug-likeness (QED) is 0.442. The molecule has 0 bridgehead atoms. The Hall–Kier alpha value is -2.56. The van der Waals surface area contributed by atoms with Crippen molar-refractivity contribution in [3.63, 3.8) is 0 Å². The Morgan fingerprint density at radius 3 is 2.70 bits per heavy atom. The van der Waals surface area contributed by atoms with Gasteiger partial charge in [0.05, 0.1) is 23.9 Å². The lowest BCUT2D eigenvalue weighted by atomic mass is 10.1. The first-order valence-corrected chi connectivity index (χ1v) is 10.8. The minimum atomic E-state index is -0.471. The summed E-state index contributed by atoms with van der Waals surface area (Å²) in [5, 5.41) is 7.81. The van der Waals surface area contributed by atoms with Crippen LogP contribution in [0.25, 0.3) is 11.3 Å². The van der Waals surface area contributed by atoms with E-state index in [2.05, 4.69) is 31.5 Å². The molecule has 0 atom stereocenters. The molecule has 0 saturated carbocycles. The van der Waals surface area contributed by atoms with Crippen LogP contribution in [-0.4, -0.2) is 29.7 Å². The second kappa shape index (κ2) is 9.96. The van der Waals surface area contributed by atoms with Gasteiger partial charge in [-0.3, -0.25) is 10.1 Å². The van der Waals surface area contributed by atoms with Crippen LogP contribution in [0.2, 0.25) is 0 Å². The van der Waals surface area contributed by atoms with Crippen molar-refractivity contribution in [2.75, 3.05) is 19.0 Å². The van der Waals surface area contributed by atoms with E-state index in [4.69, 9.17) is 21.7 Å². The fourth-order valence-corrected chi connectivity index (χ4v) is 3.98. The molecule has 0 aliphatic carbocycles. The monoisotopic (exact) mass is 509 g/mol. The summed E-state index contributed by atoms with van der Waals surface area (Å²) in [5.41, 5.74) is 1.60. The molecule has 1 heterocycles. The summed E-state index contributed by atoms with van der Waals surface area (Å²) in [6.45, 7) is 2.41. The highest BCUT2D eigenvalue weighted by Crippen LogP contribution is 2.29. The number of rotatable bonds is 6. The molecule has 1 amide bonds. The zero-order valence-electron chi connectivity index (χ0n) is 16.0. The van der Waals surface area contributed by atoms with Crippen molar-refractivity contribution < 1.29 is 18.7 Å². The van der Waals surface area contributed by atoms with E-state index in [-0.39, 0.29) is 16.8 Å². The number of thiazole rings is 1. The molecule has 0 fully saturated rings. The maximum absolute atomic E-state index is 13.9. The average molecular weight is 510 g/mol. The molecule has 0 spiro atoms. The summed E-state index contributed by atoms with van der Waals surface area (Å²) in [7, 11) is 1.41. The van der Waals surface area contributed by atoms with Crippen LogP contribution in [0.3, 0.4) is 0 Å². The molecule has 2 aromatic carbocycles. The largest absolute Gasteiger partial charge is 0.494 e. The van der Waals surface area contributed by atoms with Gasteiger partial charge in [-0.25, -0.2) is 9.37 Å². The van der Waals surface area contributed by atoms with Crippen LogP contribution in [0, 0.1) is 5.82 Å². The van der Waals surface area contributed by atoms with Gasteiger partial charge in [-0.2, -0.15) is 0 Å². The lowest BCUT2D eigenvalue weighted by Crippen LogP contribution is -2.34. The highest BCUT2D eigenvalue weighted by atomic mass is 79.9. The van der Waals surface area contributed by atoms with Crippen molar-refractivity contribution in [2.45, 2.75) is 6.92 Å². The van der Waals surface area contributed by atoms with E-state index in [0.717, 1.165) is 0 Å². The van der Waals surface area contributed by atoms with Gasteiger partial charge in [-0.1, -0.05) is 0 Å². The van der Waals surface area contributed by atoms with Gasteiger partial charge in [0, 0.05) is 16.5 Å². The minimum absolute atomic E-state index is 0.104. The number of hydrogen-bond acceptors (Lipinski definition) is 6. The second-order valence-electron chi connectivity index (χ2n) is 5.87. The van der Waals surface area contributed by atoms with Gasteiger partial charge in [0.15, 0.2) is 21.8 Å². The van der Waals surface area contributed by atoms with Crippen LogP contribution in [-0.2, 0) is 0 Å². The lowest BCUT2D eigenvalue weighted by molar-refractivity contribution is 0.0977. The fraction of sp³-hybridized carbons (Fsp3) is 0.150. The molecule has 3 rings (SSSR count). The Balaban J connectivity index is 1.63. The van der Waals surface area contributed by atoms with E-state index in [1.165, 1.54) is 30.6 Å². The number of carbonyl (C=O) groups is 1. The Kier molecular flexibility index (Phi) is 7.35. The van der Waals surface area contributed by atoms with Crippen molar-refractivity contribution in [1.82, 2.24) is 10.3 Å². The molecular weight excluding hydrogens is 493 g/mol. The number of benzene rings is 2. The van der Waals surface area contributed by atoms with Gasteiger partial charge < -0.3 is 14.8 Å². The lowest BCUT2D eigenvalue weighted by Gasteiger charge is -2.09. The summed E-state index contributed by atoms with van der Waals surface area (Å²) in [6.07, 6.45) is 0. The SMILES string of the molecule is CCOc1ccc(C(=O)NC(=S)Nc2nc(-c3ccc(OC)c(F)c3)cs2)cc1Br. The van der Waals surface area contributed by atoms with Gasteiger partial charge in [-0.15, -0.1) is 11.3 Å². The van der Waals surface area contributed by atoms with E-state index >= 15 is 0 Å². The number of halogens is 2. The van der Waals surface area contributed by atoms with Crippen molar-refractivity contribution in [2.24, 2.45) is 0 Å². The normalized spacial score (nSPS) is 10.4. The standard InChI is InChI=1S/C20H17BrFN3O3S2/c1-3-28-16-6-5-12(8-13(16)21)18(26)24-19(29)25-20-23-15(10-30-20)11-4-7-17(27-2)14(22)9-11/h4-10H,3H2,1-2H3,(H2,23,24,25,26,29). The van der Waals surface area contributed by atoms with Gasteiger partial charge in [-0.05, 0) is 71.5 Å². The molecule has 0 aliphatic heterocycles. The van der Waals surface area contributed by atoms with Gasteiger partial charge in [0.2, 0.25) is 0 Å². The number of methoxy groups -OCH3 is 1. The molecule has 1 aromatic heterocycles. The summed E-state index contributed by atoms with van der Waals surface area (Å²) in [6, 6.07) is 9.61. The van der Waals surface area contributed by atoms with E-state index in [1.54, 1.807) is 29.6 Å². The number of carbonyl (C=O) groups excluding carboxylic acids is 1. The topological polar surface area (TPSA) is 72.5 Å². The van der Waals surface area contributed by atoms with E-state index < -0.39 is 5.82 Å². The third-order valence-electron chi connectivity index (χ3n) is 3.89. The number of hydrogen-bond donors (Lipinski definition) is 2. The Morgan fingerprint density at radius 1 is 1.27 bits per heavy atom. The Labute approximate surface area is 190 Å². The van der Waals surface area contributed by atoms with Crippen LogP contribution < -0.4 is 20.1 Å². The highest BCUT2D eigenvalue weighted by Gasteiger charge is 2.13. The predicted molar refractivity (Wildman–Crippen MR) is 123 cm³/mol. The van der Waals surface area contributed by atoms with Crippen LogP contribution in [0.4, 0.5) is 9.52 Å². The average Bonchev–Trinajstić information content (AvgIpc) is 3.17. The van der Waals surface area contributed by atoms with Crippen LogP contribution >= 0.6 is 39.5 Å². The zero-order valence-corrected chi connectivity index (χ0v) is 19.2. The van der Waals surface area contributed by atoms with Gasteiger partial charge >= 0.3 is 0 Å². The van der Waals surface area contributed by atoms with Crippen molar-refractivity contribution in [3.8, 4) is 22.8 Å². The van der Waals surface area contributed by atoms with Crippen LogP contribution in [0.5, 0.6) is 11.5 Å². The third-order valence-corrected chi connectivity index (χ3v) is 5.47. The number of aromatic nitrogens is 1. The number of ether oxygens (including phenoxy) is 2. The summed E-state index contributed by atoms with van der Waals surface area (Å²) in [5.74, 6) is -0.0238. The number of amides is 1. The van der Waals surface area contributed by atoms with Crippen LogP contribution in [0.15, 0.2) is 46.3 Å². The number of nitrogens with zero attached hydrogens (tertiary/aromatic N) is 1. The molecule has 0 radical (unpaired) electrons. The van der Waals surface area contributed by atoms with Crippen molar-refractivity contribution in [1.29, 1.82) is 0 Å². The van der Waals surface area contributed by atoms with E-state index in [0.29, 0.717) is 38.8 Å². The van der Waals surface area contributed by atoms with Crippen molar-refractivity contribution in [3.05, 3.63) is 57.6 Å². The maximum Gasteiger partial charge on any atom is 0.257 e. The van der Waals surface area contributed by atoms with E-state index in [1.807, 2.05) is 6.92 Å². The Bertz CT molecular complexity index is 1090. The molecule has 2 N–H and O–H groups in total. The molecule has 30 heavy (non-hydrogen) atoms. The number of anilines is 1. The molecule has 0 aliphatic rings. The molecule has 0 unspecified atom stereocenters. The number of thiocarbonyl (C=S) groups is 1. The highest BCUT2D eigenvalue weighted by molar-refractivity contribution is 9.10. The first-order chi connectivity index (χ1) is 14.4. The predicted octanol–water partition coefficient (Wildman–Crippen LogP) is 5.25. The summed E-state index contributed by atoms with van der Waals surface area (Å²) >= 11 is 9.86. The maximum atomic E-state index is 13.9. The Morgan fingerprint density at radius 2 is 2.03 bits per heavy atom. The zero-order chi connectivity index (χ0) is 21.7. The fourth-order valence-electron chi connectivity index (χ4n) is 2.51. The second-order valence-corrected chi connectivity index (χ2v) is 7.99. The number of nitrogens with one attached hydrogen (secondary N) is 2. The first kappa shape index (κ1) is 22.1. The smallest absolute Gasteiger partial charge is 0.257 e. The molecule has 6 nitrogen and oxygen atoms in total. The molecule has 3 aromatic rings. The molecule has 10 heteroatoms. The molecular formula is C20H17BrFN3O3S2. The van der Waals surface area contributed by atoms with Gasteiger partial charge in [0.1, 0.15) is 5.75 Å². The van der Waals surface area contributed by atoms with Crippen LogP contribution in [0.1, 0.15) is 17.3 Å². The third kappa shape index (κ3) is 5.32. The molecule has 0 saturated heterocycles. The summed E-state index contributed by atoms with van der Waals surface area (Å²) < 4.78 is 24.9. The summed E-state index contributed by atoms with van der Waals surface area (Å²) in [4.78, 5) is 16.8.